The van der Waals surface area contributed by atoms with E-state index in [4.69, 9.17) is 11.6 Å². The number of benzene rings is 1. The number of likely N-dealkylation sites (tertiary alicyclic amines) is 1. The number of carbonyl (C=O) groups excluding carboxylic acids is 1. The molecule has 1 saturated heterocycles. The van der Waals surface area contributed by atoms with Crippen molar-refractivity contribution < 1.29 is 9.90 Å². The van der Waals surface area contributed by atoms with Crippen molar-refractivity contribution in [1.29, 1.82) is 0 Å². The largest absolute Gasteiger partial charge is 0.508 e. The molecule has 0 saturated carbocycles. The van der Waals surface area contributed by atoms with Gasteiger partial charge < -0.3 is 14.6 Å². The number of carbonyl (C=O) groups is 1. The second-order valence-corrected chi connectivity index (χ2v) is 6.98. The van der Waals surface area contributed by atoms with Gasteiger partial charge in [0.1, 0.15) is 5.75 Å². The zero-order valence-electron chi connectivity index (χ0n) is 13.0. The summed E-state index contributed by atoms with van der Waals surface area (Å²) in [6.07, 6.45) is 0.987. The maximum absolute atomic E-state index is 12.8. The first-order valence-corrected chi connectivity index (χ1v) is 8.38. The third kappa shape index (κ3) is 2.49. The zero-order valence-corrected chi connectivity index (χ0v) is 13.7. The molecule has 6 heteroatoms. The minimum atomic E-state index is -0.169. The average Bonchev–Trinajstić information content (AvgIpc) is 2.57. The lowest BCUT2D eigenvalue weighted by Gasteiger charge is -2.42. The van der Waals surface area contributed by atoms with Crippen molar-refractivity contribution in [1.82, 2.24) is 9.47 Å². The highest BCUT2D eigenvalue weighted by Crippen LogP contribution is 2.36. The first kappa shape index (κ1) is 15.3. The maximum Gasteiger partial charge on any atom is 0.255 e. The van der Waals surface area contributed by atoms with Crippen LogP contribution in [-0.4, -0.2) is 33.6 Å². The highest BCUT2D eigenvalue weighted by molar-refractivity contribution is 6.33. The highest BCUT2D eigenvalue weighted by Gasteiger charge is 2.36. The molecule has 0 radical (unpaired) electrons. The summed E-state index contributed by atoms with van der Waals surface area (Å²) >= 11 is 6.13. The molecule has 1 N–H and O–H groups in total. The number of hydrogen-bond acceptors (Lipinski definition) is 3. The van der Waals surface area contributed by atoms with Gasteiger partial charge in [-0.1, -0.05) is 17.7 Å². The molecule has 0 aliphatic carbocycles. The van der Waals surface area contributed by atoms with Crippen LogP contribution in [0, 0.1) is 5.92 Å². The number of hydrogen-bond donors (Lipinski definition) is 1. The molecule has 1 amide bonds. The normalized spacial score (nSPS) is 22.1. The summed E-state index contributed by atoms with van der Waals surface area (Å²) in [6.45, 7) is 1.80. The number of pyridine rings is 1. The molecule has 124 valence electrons. The van der Waals surface area contributed by atoms with Crippen LogP contribution in [0.1, 0.15) is 28.4 Å². The van der Waals surface area contributed by atoms with Gasteiger partial charge in [0.2, 0.25) is 0 Å². The smallest absolute Gasteiger partial charge is 0.255 e. The van der Waals surface area contributed by atoms with Gasteiger partial charge in [0.25, 0.3) is 11.5 Å². The van der Waals surface area contributed by atoms with E-state index in [0.29, 0.717) is 30.2 Å². The van der Waals surface area contributed by atoms with Crippen LogP contribution in [-0.2, 0) is 6.54 Å². The molecular weight excluding hydrogens is 328 g/mol. The van der Waals surface area contributed by atoms with E-state index in [1.807, 2.05) is 10.6 Å². The molecule has 4 rings (SSSR count). The zero-order chi connectivity index (χ0) is 16.8. The van der Waals surface area contributed by atoms with Gasteiger partial charge in [-0.15, -0.1) is 0 Å². The second-order valence-electron chi connectivity index (χ2n) is 6.57. The van der Waals surface area contributed by atoms with E-state index in [2.05, 4.69) is 0 Å². The summed E-state index contributed by atoms with van der Waals surface area (Å²) in [6, 6.07) is 9.74. The number of piperidine rings is 1. The van der Waals surface area contributed by atoms with Crippen molar-refractivity contribution in [3.8, 4) is 5.75 Å². The van der Waals surface area contributed by atoms with Crippen molar-refractivity contribution >= 4 is 17.5 Å². The molecule has 1 fully saturated rings. The van der Waals surface area contributed by atoms with E-state index >= 15 is 0 Å². The monoisotopic (exact) mass is 344 g/mol. The van der Waals surface area contributed by atoms with Crippen LogP contribution < -0.4 is 5.56 Å². The van der Waals surface area contributed by atoms with Crippen molar-refractivity contribution in [2.24, 2.45) is 5.92 Å². The predicted molar refractivity (Wildman–Crippen MR) is 90.6 cm³/mol. The second kappa shape index (κ2) is 5.67. The van der Waals surface area contributed by atoms with E-state index in [-0.39, 0.29) is 29.1 Å². The Morgan fingerprint density at radius 1 is 1.17 bits per heavy atom. The standard InChI is InChI=1S/C18H17ClN2O3/c19-15-5-4-13(22)7-14(15)18(24)20-8-11-6-12(10-20)16-2-1-3-17(23)21(16)9-11/h1-5,7,11-12,22H,6,8-10H2/t11-,12+/m0/s1. The van der Waals surface area contributed by atoms with Gasteiger partial charge >= 0.3 is 0 Å². The maximum atomic E-state index is 12.8. The van der Waals surface area contributed by atoms with Crippen molar-refractivity contribution in [3.63, 3.8) is 0 Å². The summed E-state index contributed by atoms with van der Waals surface area (Å²) in [5.74, 6) is 0.275. The topological polar surface area (TPSA) is 62.5 Å². The highest BCUT2D eigenvalue weighted by atomic mass is 35.5. The molecule has 24 heavy (non-hydrogen) atoms. The fourth-order valence-corrected chi connectivity index (χ4v) is 4.11. The quantitative estimate of drug-likeness (QED) is 0.864. The molecule has 1 aromatic heterocycles. The third-order valence-electron chi connectivity index (χ3n) is 4.95. The van der Waals surface area contributed by atoms with Crippen LogP contribution in [0.4, 0.5) is 0 Å². The lowest BCUT2D eigenvalue weighted by Crippen LogP contribution is -2.49. The molecule has 0 spiro atoms. The Morgan fingerprint density at radius 3 is 2.83 bits per heavy atom. The third-order valence-corrected chi connectivity index (χ3v) is 5.28. The molecule has 2 aliphatic heterocycles. The Balaban J connectivity index is 1.65. The molecular formula is C18H17ClN2O3. The van der Waals surface area contributed by atoms with E-state index in [1.165, 1.54) is 18.2 Å². The molecule has 0 unspecified atom stereocenters. The van der Waals surface area contributed by atoms with Crippen molar-refractivity contribution in [3.05, 3.63) is 63.0 Å². The molecule has 2 aromatic rings. The van der Waals surface area contributed by atoms with E-state index < -0.39 is 0 Å². The molecule has 2 bridgehead atoms. The van der Waals surface area contributed by atoms with Gasteiger partial charge in [0, 0.05) is 37.3 Å². The van der Waals surface area contributed by atoms with Gasteiger partial charge in [-0.3, -0.25) is 9.59 Å². The van der Waals surface area contributed by atoms with Crippen LogP contribution >= 0.6 is 11.6 Å². The van der Waals surface area contributed by atoms with Crippen molar-refractivity contribution in [2.45, 2.75) is 18.9 Å². The first-order chi connectivity index (χ1) is 11.5. The molecule has 2 atom stereocenters. The Labute approximate surface area is 144 Å². The Bertz CT molecular complexity index is 877. The van der Waals surface area contributed by atoms with Gasteiger partial charge in [-0.05, 0) is 36.6 Å². The van der Waals surface area contributed by atoms with Gasteiger partial charge in [0.15, 0.2) is 0 Å². The molecule has 3 heterocycles. The summed E-state index contributed by atoms with van der Waals surface area (Å²) < 4.78 is 1.84. The van der Waals surface area contributed by atoms with Gasteiger partial charge in [-0.25, -0.2) is 0 Å². The van der Waals surface area contributed by atoms with Gasteiger partial charge in [-0.2, -0.15) is 0 Å². The number of amides is 1. The van der Waals surface area contributed by atoms with Crippen LogP contribution in [0.5, 0.6) is 5.75 Å². The summed E-state index contributed by atoms with van der Waals surface area (Å²) in [5.41, 5.74) is 1.35. The molecule has 5 nitrogen and oxygen atoms in total. The number of aromatic hydroxyl groups is 1. The minimum absolute atomic E-state index is 0.0249. The number of phenolic OH excluding ortho intramolecular Hbond substituents is 1. The Morgan fingerprint density at radius 2 is 2.00 bits per heavy atom. The number of rotatable bonds is 1. The lowest BCUT2D eigenvalue weighted by atomic mass is 9.83. The van der Waals surface area contributed by atoms with Crippen LogP contribution in [0.15, 0.2) is 41.2 Å². The van der Waals surface area contributed by atoms with Crippen LogP contribution in [0.25, 0.3) is 0 Å². The Kier molecular flexibility index (Phi) is 3.61. The van der Waals surface area contributed by atoms with Crippen molar-refractivity contribution in [2.75, 3.05) is 13.1 Å². The number of aromatic nitrogens is 1. The van der Waals surface area contributed by atoms with Crippen LogP contribution in [0.2, 0.25) is 5.02 Å². The van der Waals surface area contributed by atoms with E-state index in [1.54, 1.807) is 17.0 Å². The number of fused-ring (bicyclic) bond motifs is 4. The Hall–Kier alpha value is -2.27. The van der Waals surface area contributed by atoms with E-state index in [9.17, 15) is 14.7 Å². The molecule has 2 aliphatic rings. The van der Waals surface area contributed by atoms with Crippen LogP contribution in [0.3, 0.4) is 0 Å². The fraction of sp³-hybridized carbons (Fsp3) is 0.333. The lowest BCUT2D eigenvalue weighted by molar-refractivity contribution is 0.0594. The van der Waals surface area contributed by atoms with Gasteiger partial charge in [0.05, 0.1) is 10.6 Å². The number of phenols is 1. The fourth-order valence-electron chi connectivity index (χ4n) is 3.91. The number of nitrogens with zero attached hydrogens (tertiary/aromatic N) is 2. The SMILES string of the molecule is O=C(c1cc(O)ccc1Cl)N1C[C@@H]2C[C@H](C1)c1cccc(=O)n1C2. The summed E-state index contributed by atoms with van der Waals surface area (Å²) in [5, 5.41) is 9.98. The summed E-state index contributed by atoms with van der Waals surface area (Å²) in [7, 11) is 0. The average molecular weight is 345 g/mol. The molecule has 1 aromatic carbocycles. The van der Waals surface area contributed by atoms with E-state index in [0.717, 1.165) is 12.1 Å². The number of halogens is 1. The first-order valence-electron chi connectivity index (χ1n) is 8.00. The minimum Gasteiger partial charge on any atom is -0.508 e. The summed E-state index contributed by atoms with van der Waals surface area (Å²) in [4.78, 5) is 26.7. The predicted octanol–water partition coefficient (Wildman–Crippen LogP) is 2.47.